The Morgan fingerprint density at radius 3 is 2.39 bits per heavy atom. The summed E-state index contributed by atoms with van der Waals surface area (Å²) in [6, 6.07) is 3.24. The Hall–Kier alpha value is -1.11. The molecule has 2 rings (SSSR count). The summed E-state index contributed by atoms with van der Waals surface area (Å²) in [4.78, 5) is 13.4. The number of carbonyl (C=O) groups is 1. The zero-order valence-corrected chi connectivity index (χ0v) is 15.4. The lowest BCUT2D eigenvalue weighted by Crippen LogP contribution is -2.33. The second-order valence-electron chi connectivity index (χ2n) is 5.74. The van der Waals surface area contributed by atoms with Gasteiger partial charge in [0.1, 0.15) is 4.90 Å². The van der Waals surface area contributed by atoms with E-state index in [0.29, 0.717) is 31.7 Å². The van der Waals surface area contributed by atoms with Gasteiger partial charge in [-0.3, -0.25) is 4.79 Å². The third-order valence-electron chi connectivity index (χ3n) is 3.97. The first kappa shape index (κ1) is 18.2. The molecule has 1 aromatic rings. The topological polar surface area (TPSA) is 57.7 Å². The van der Waals surface area contributed by atoms with Crippen molar-refractivity contribution in [1.82, 2.24) is 4.31 Å². The lowest BCUT2D eigenvalue weighted by molar-refractivity contribution is -0.116. The molecular weight excluding hydrogens is 336 g/mol. The maximum atomic E-state index is 12.9. The van der Waals surface area contributed by atoms with Crippen LogP contribution in [0.3, 0.4) is 0 Å². The monoisotopic (exact) mass is 358 g/mol. The van der Waals surface area contributed by atoms with Crippen molar-refractivity contribution < 1.29 is 13.2 Å². The number of sulfonamides is 1. The summed E-state index contributed by atoms with van der Waals surface area (Å²) in [6.07, 6.45) is 2.17. The van der Waals surface area contributed by atoms with Crippen molar-refractivity contribution in [2.75, 3.05) is 24.5 Å². The smallest absolute Gasteiger partial charge is 0.244 e. The molecule has 1 aliphatic heterocycles. The zero-order chi connectivity index (χ0) is 17.2. The number of nitrogens with zero attached hydrogens (tertiary/aromatic N) is 2. The van der Waals surface area contributed by atoms with Crippen LogP contribution in [0.5, 0.6) is 0 Å². The van der Waals surface area contributed by atoms with Crippen molar-refractivity contribution >= 4 is 33.2 Å². The Kier molecular flexibility index (Phi) is 5.70. The second kappa shape index (κ2) is 7.20. The van der Waals surface area contributed by atoms with Crippen molar-refractivity contribution in [3.05, 3.63) is 22.7 Å². The molecule has 0 N–H and O–H groups in total. The van der Waals surface area contributed by atoms with Crippen LogP contribution in [0.25, 0.3) is 0 Å². The third kappa shape index (κ3) is 3.54. The van der Waals surface area contributed by atoms with Crippen LogP contribution in [0.15, 0.2) is 17.0 Å². The summed E-state index contributed by atoms with van der Waals surface area (Å²) in [5, 5.41) is 0.228. The Bertz CT molecular complexity index is 698. The van der Waals surface area contributed by atoms with Crippen LogP contribution >= 0.6 is 11.6 Å². The van der Waals surface area contributed by atoms with E-state index in [4.69, 9.17) is 11.6 Å². The number of carbonyl (C=O) groups excluding carboxylic acids is 1. The predicted molar refractivity (Wildman–Crippen MR) is 92.5 cm³/mol. The van der Waals surface area contributed by atoms with Gasteiger partial charge in [-0.05, 0) is 37.0 Å². The summed E-state index contributed by atoms with van der Waals surface area (Å²) in [5.41, 5.74) is 1.58. The van der Waals surface area contributed by atoms with Crippen molar-refractivity contribution in [3.8, 4) is 0 Å². The van der Waals surface area contributed by atoms with Crippen molar-refractivity contribution in [3.63, 3.8) is 0 Å². The molecule has 1 heterocycles. The van der Waals surface area contributed by atoms with Crippen molar-refractivity contribution in [2.45, 2.75) is 44.9 Å². The molecular formula is C16H23ClN2O3S. The number of hydrogen-bond acceptors (Lipinski definition) is 3. The number of anilines is 1. The molecule has 0 radical (unpaired) electrons. The molecule has 0 aliphatic carbocycles. The number of rotatable bonds is 6. The second-order valence-corrected chi connectivity index (χ2v) is 8.05. The maximum Gasteiger partial charge on any atom is 0.244 e. The highest BCUT2D eigenvalue weighted by Crippen LogP contribution is 2.36. The first-order chi connectivity index (χ1) is 10.8. The minimum absolute atomic E-state index is 0.0895. The van der Waals surface area contributed by atoms with Gasteiger partial charge in [-0.25, -0.2) is 8.42 Å². The van der Waals surface area contributed by atoms with Gasteiger partial charge in [-0.2, -0.15) is 4.31 Å². The normalized spacial score (nSPS) is 14.4. The highest BCUT2D eigenvalue weighted by Gasteiger charge is 2.30. The molecule has 23 heavy (non-hydrogen) atoms. The van der Waals surface area contributed by atoms with Crippen LogP contribution in [0.1, 0.15) is 39.2 Å². The SMILES string of the molecule is CCCN(CCC)S(=O)(=O)c1cc2c(cc1Cl)CCN2C(C)=O. The molecule has 0 unspecified atom stereocenters. The number of benzene rings is 1. The van der Waals surface area contributed by atoms with E-state index in [1.165, 1.54) is 11.2 Å². The van der Waals surface area contributed by atoms with E-state index >= 15 is 0 Å². The van der Waals surface area contributed by atoms with E-state index in [1.54, 1.807) is 17.0 Å². The van der Waals surface area contributed by atoms with E-state index < -0.39 is 10.0 Å². The van der Waals surface area contributed by atoms with Gasteiger partial charge in [0.2, 0.25) is 15.9 Å². The van der Waals surface area contributed by atoms with Crippen LogP contribution < -0.4 is 4.90 Å². The first-order valence-electron chi connectivity index (χ1n) is 7.93. The van der Waals surface area contributed by atoms with E-state index in [-0.39, 0.29) is 15.8 Å². The largest absolute Gasteiger partial charge is 0.312 e. The van der Waals surface area contributed by atoms with Crippen LogP contribution in [0.2, 0.25) is 5.02 Å². The molecule has 0 fully saturated rings. The zero-order valence-electron chi connectivity index (χ0n) is 13.8. The van der Waals surface area contributed by atoms with E-state index in [9.17, 15) is 13.2 Å². The fourth-order valence-corrected chi connectivity index (χ4v) is 5.07. The standard InChI is InChI=1S/C16H23ClN2O3S/c1-4-7-18(8-5-2)23(21,22)16-11-15-13(10-14(16)17)6-9-19(15)12(3)20/h10-11H,4-9H2,1-3H3. The number of hydrogen-bond donors (Lipinski definition) is 0. The average molecular weight is 359 g/mol. The Balaban J connectivity index is 2.50. The molecule has 0 saturated heterocycles. The molecule has 0 aromatic heterocycles. The van der Waals surface area contributed by atoms with Crippen LogP contribution in [-0.2, 0) is 21.2 Å². The molecule has 0 spiro atoms. The lowest BCUT2D eigenvalue weighted by Gasteiger charge is -2.23. The van der Waals surface area contributed by atoms with Gasteiger partial charge in [0.25, 0.3) is 0 Å². The van der Waals surface area contributed by atoms with Gasteiger partial charge < -0.3 is 4.90 Å². The van der Waals surface area contributed by atoms with Gasteiger partial charge in [0.05, 0.1) is 5.02 Å². The van der Waals surface area contributed by atoms with Gasteiger partial charge in [0, 0.05) is 32.2 Å². The lowest BCUT2D eigenvalue weighted by atomic mass is 10.2. The Morgan fingerprint density at radius 1 is 1.26 bits per heavy atom. The Morgan fingerprint density at radius 2 is 1.87 bits per heavy atom. The number of amides is 1. The van der Waals surface area contributed by atoms with Crippen molar-refractivity contribution in [2.24, 2.45) is 0 Å². The molecule has 1 amide bonds. The van der Waals surface area contributed by atoms with E-state index in [0.717, 1.165) is 18.4 Å². The van der Waals surface area contributed by atoms with E-state index in [1.807, 2.05) is 13.8 Å². The molecule has 0 atom stereocenters. The average Bonchev–Trinajstić information content (AvgIpc) is 2.88. The quantitative estimate of drug-likeness (QED) is 0.785. The van der Waals surface area contributed by atoms with Gasteiger partial charge in [0.15, 0.2) is 0 Å². The fraction of sp³-hybridized carbons (Fsp3) is 0.562. The molecule has 7 heteroatoms. The summed E-state index contributed by atoms with van der Waals surface area (Å²) in [5.74, 6) is -0.0895. The van der Waals surface area contributed by atoms with Crippen molar-refractivity contribution in [1.29, 1.82) is 0 Å². The Labute approximate surface area is 143 Å². The molecule has 1 aromatic carbocycles. The maximum absolute atomic E-state index is 12.9. The van der Waals surface area contributed by atoms with E-state index in [2.05, 4.69) is 0 Å². The summed E-state index contributed by atoms with van der Waals surface area (Å²) < 4.78 is 27.4. The molecule has 0 bridgehead atoms. The highest BCUT2D eigenvalue weighted by molar-refractivity contribution is 7.89. The van der Waals surface area contributed by atoms with Crippen LogP contribution in [-0.4, -0.2) is 38.3 Å². The molecule has 1 aliphatic rings. The summed E-state index contributed by atoms with van der Waals surface area (Å²) in [7, 11) is -3.66. The fourth-order valence-electron chi connectivity index (χ4n) is 2.90. The minimum atomic E-state index is -3.66. The summed E-state index contributed by atoms with van der Waals surface area (Å²) in [6.45, 7) is 6.86. The first-order valence-corrected chi connectivity index (χ1v) is 9.75. The minimum Gasteiger partial charge on any atom is -0.312 e. The van der Waals surface area contributed by atoms with Crippen LogP contribution in [0, 0.1) is 0 Å². The van der Waals surface area contributed by atoms with Gasteiger partial charge in [-0.15, -0.1) is 0 Å². The number of fused-ring (bicyclic) bond motifs is 1. The molecule has 0 saturated carbocycles. The highest BCUT2D eigenvalue weighted by atomic mass is 35.5. The number of halogens is 1. The predicted octanol–water partition coefficient (Wildman–Crippen LogP) is 3.06. The molecule has 5 nitrogen and oxygen atoms in total. The molecule has 128 valence electrons. The van der Waals surface area contributed by atoms with Gasteiger partial charge in [-0.1, -0.05) is 25.4 Å². The van der Waals surface area contributed by atoms with Crippen LogP contribution in [0.4, 0.5) is 5.69 Å². The van der Waals surface area contributed by atoms with Gasteiger partial charge >= 0.3 is 0 Å². The summed E-state index contributed by atoms with van der Waals surface area (Å²) >= 11 is 6.25. The third-order valence-corrected chi connectivity index (χ3v) is 6.34.